The summed E-state index contributed by atoms with van der Waals surface area (Å²) in [7, 11) is 2.77. The molecule has 11 nitrogen and oxygen atoms in total. The highest BCUT2D eigenvalue weighted by atomic mass is 35.5. The van der Waals surface area contributed by atoms with Crippen molar-refractivity contribution in [2.75, 3.05) is 20.8 Å². The lowest BCUT2D eigenvalue weighted by Crippen LogP contribution is -2.31. The summed E-state index contributed by atoms with van der Waals surface area (Å²) in [5.41, 5.74) is 5.53. The van der Waals surface area contributed by atoms with Crippen LogP contribution in [-0.4, -0.2) is 52.3 Å². The van der Waals surface area contributed by atoms with Gasteiger partial charge in [-0.15, -0.1) is 10.2 Å². The van der Waals surface area contributed by atoms with Crippen molar-refractivity contribution in [1.29, 1.82) is 0 Å². The Hall–Kier alpha value is -4.56. The molecule has 220 valence electrons. The van der Waals surface area contributed by atoms with Gasteiger partial charge in [0.05, 0.1) is 19.3 Å². The number of nitrogens with zero attached hydrogens (tertiary/aromatic N) is 4. The third kappa shape index (κ3) is 6.66. The molecule has 2 N–H and O–H groups in total. The number of carbonyl (C=O) groups excluding carboxylic acids is 2. The van der Waals surface area contributed by atoms with Crippen molar-refractivity contribution in [2.24, 2.45) is 5.73 Å². The monoisotopic (exact) mass is 605 g/mol. The molecule has 0 aliphatic rings. The molecule has 1 atom stereocenters. The first kappa shape index (κ1) is 30.4. The van der Waals surface area contributed by atoms with Crippen LogP contribution in [0.5, 0.6) is 5.75 Å². The van der Waals surface area contributed by atoms with Crippen LogP contribution in [0.25, 0.3) is 22.6 Å². The number of aromatic nitrogens is 4. The molecule has 42 heavy (non-hydrogen) atoms. The number of Topliss-reactive ketones (excluding diaryl/α,β-unsaturated/α-hetero) is 1. The van der Waals surface area contributed by atoms with Crippen LogP contribution in [0.3, 0.4) is 0 Å². The number of amides is 1. The number of hydrogen-bond acceptors (Lipinski definition) is 9. The molecular formula is C27H23ClF3N5O6. The van der Waals surface area contributed by atoms with Crippen LogP contribution in [0.2, 0.25) is 5.02 Å². The minimum absolute atomic E-state index is 0.0363. The summed E-state index contributed by atoms with van der Waals surface area (Å²) in [6, 6.07) is 7.31. The Morgan fingerprint density at radius 1 is 1.10 bits per heavy atom. The zero-order valence-corrected chi connectivity index (χ0v) is 22.9. The molecule has 1 aromatic carbocycles. The maximum Gasteiger partial charge on any atom is 0.470 e. The lowest BCUT2D eigenvalue weighted by atomic mass is 9.98. The number of nitrogens with two attached hydrogens (primary N) is 1. The molecule has 3 aromatic heterocycles. The zero-order valence-electron chi connectivity index (χ0n) is 22.1. The summed E-state index contributed by atoms with van der Waals surface area (Å²) < 4.78 is 56.0. The summed E-state index contributed by atoms with van der Waals surface area (Å²) in [4.78, 5) is 42.1. The lowest BCUT2D eigenvalue weighted by molar-refractivity contribution is -0.157. The number of halogens is 4. The number of methoxy groups -OCH3 is 2. The Bertz CT molecular complexity index is 1670. The van der Waals surface area contributed by atoms with Gasteiger partial charge < -0.3 is 24.2 Å². The molecule has 0 saturated heterocycles. The molecule has 1 amide bonds. The molecule has 0 aliphatic heterocycles. The van der Waals surface area contributed by atoms with Gasteiger partial charge in [0.1, 0.15) is 11.4 Å². The molecule has 0 radical (unpaired) electrons. The van der Waals surface area contributed by atoms with Crippen LogP contribution in [0, 0.1) is 0 Å². The van der Waals surface area contributed by atoms with Gasteiger partial charge in [0, 0.05) is 48.6 Å². The fourth-order valence-electron chi connectivity index (χ4n) is 4.20. The van der Waals surface area contributed by atoms with E-state index in [1.54, 1.807) is 0 Å². The summed E-state index contributed by atoms with van der Waals surface area (Å²) >= 11 is 6.19. The summed E-state index contributed by atoms with van der Waals surface area (Å²) in [5.74, 6) is -2.96. The maximum absolute atomic E-state index is 13.4. The second-order valence-electron chi connectivity index (χ2n) is 8.96. The third-order valence-corrected chi connectivity index (χ3v) is 6.43. The van der Waals surface area contributed by atoms with E-state index < -0.39 is 35.5 Å². The topological polar surface area (TPSA) is 152 Å². The second kappa shape index (κ2) is 12.5. The lowest BCUT2D eigenvalue weighted by Gasteiger charge is -2.21. The fraction of sp³-hybridized carbons (Fsp3) is 0.259. The Morgan fingerprint density at radius 2 is 1.86 bits per heavy atom. The molecule has 15 heteroatoms. The number of rotatable bonds is 11. The first-order valence-electron chi connectivity index (χ1n) is 12.2. The molecule has 0 fully saturated rings. The number of benzene rings is 1. The van der Waals surface area contributed by atoms with Gasteiger partial charge in [-0.3, -0.25) is 19.4 Å². The second-order valence-corrected chi connectivity index (χ2v) is 9.39. The fourth-order valence-corrected chi connectivity index (χ4v) is 4.37. The number of primary amides is 1. The number of carbonyl (C=O) groups is 2. The van der Waals surface area contributed by atoms with Gasteiger partial charge in [-0.1, -0.05) is 17.7 Å². The van der Waals surface area contributed by atoms with E-state index in [4.69, 9.17) is 31.2 Å². The molecule has 0 spiro atoms. The predicted molar refractivity (Wildman–Crippen MR) is 143 cm³/mol. The largest absolute Gasteiger partial charge is 0.495 e. The van der Waals surface area contributed by atoms with Crippen LogP contribution in [0.15, 0.2) is 58.0 Å². The number of pyridine rings is 2. The van der Waals surface area contributed by atoms with Crippen LogP contribution in [-0.2, 0) is 22.1 Å². The molecule has 4 rings (SSSR count). The molecule has 0 saturated carbocycles. The first-order valence-corrected chi connectivity index (χ1v) is 12.6. The average Bonchev–Trinajstić information content (AvgIpc) is 3.45. The minimum Gasteiger partial charge on any atom is -0.495 e. The molecule has 0 aliphatic carbocycles. The van der Waals surface area contributed by atoms with Crippen LogP contribution >= 0.6 is 11.6 Å². The average molecular weight is 606 g/mol. The van der Waals surface area contributed by atoms with Crippen molar-refractivity contribution < 1.29 is 36.7 Å². The molecule has 4 aromatic rings. The molecule has 0 bridgehead atoms. The van der Waals surface area contributed by atoms with E-state index in [0.717, 1.165) is 0 Å². The van der Waals surface area contributed by atoms with Gasteiger partial charge >= 0.3 is 12.1 Å². The van der Waals surface area contributed by atoms with Gasteiger partial charge in [0.25, 0.3) is 11.5 Å². The van der Waals surface area contributed by atoms with Crippen LogP contribution < -0.4 is 16.0 Å². The van der Waals surface area contributed by atoms with Crippen molar-refractivity contribution in [3.63, 3.8) is 0 Å². The van der Waals surface area contributed by atoms with E-state index >= 15 is 0 Å². The quantitative estimate of drug-likeness (QED) is 0.266. The Balaban J connectivity index is 1.76. The minimum atomic E-state index is -4.86. The van der Waals surface area contributed by atoms with Crippen LogP contribution in [0.1, 0.15) is 34.4 Å². The van der Waals surface area contributed by atoms with Crippen LogP contribution in [0.4, 0.5) is 13.2 Å². The summed E-state index contributed by atoms with van der Waals surface area (Å²) in [6.07, 6.45) is -2.17. The van der Waals surface area contributed by atoms with Gasteiger partial charge in [-0.25, -0.2) is 0 Å². The third-order valence-electron chi connectivity index (χ3n) is 6.19. The Kier molecular flexibility index (Phi) is 9.07. The van der Waals surface area contributed by atoms with Crippen molar-refractivity contribution in [3.8, 4) is 28.3 Å². The number of ether oxygens (including phenoxy) is 2. The van der Waals surface area contributed by atoms with E-state index in [9.17, 15) is 27.6 Å². The van der Waals surface area contributed by atoms with Gasteiger partial charge in [-0.05, 0) is 41.8 Å². The van der Waals surface area contributed by atoms with Gasteiger partial charge in [0.2, 0.25) is 5.89 Å². The highest BCUT2D eigenvalue weighted by Crippen LogP contribution is 2.39. The smallest absolute Gasteiger partial charge is 0.470 e. The van der Waals surface area contributed by atoms with E-state index in [-0.39, 0.29) is 58.4 Å². The normalized spacial score (nSPS) is 12.2. The van der Waals surface area contributed by atoms with Crippen molar-refractivity contribution in [3.05, 3.63) is 81.3 Å². The van der Waals surface area contributed by atoms with E-state index in [0.29, 0.717) is 5.56 Å². The van der Waals surface area contributed by atoms with Gasteiger partial charge in [-0.2, -0.15) is 13.2 Å². The number of hydrogen-bond donors (Lipinski definition) is 1. The van der Waals surface area contributed by atoms with Crippen molar-refractivity contribution >= 4 is 23.3 Å². The van der Waals surface area contributed by atoms with Gasteiger partial charge in [0.15, 0.2) is 5.78 Å². The molecule has 1 unspecified atom stereocenters. The Labute approximate surface area is 241 Å². The Morgan fingerprint density at radius 3 is 2.45 bits per heavy atom. The van der Waals surface area contributed by atoms with Crippen molar-refractivity contribution in [1.82, 2.24) is 19.7 Å². The van der Waals surface area contributed by atoms with Crippen molar-refractivity contribution in [2.45, 2.75) is 25.1 Å². The maximum atomic E-state index is 13.4. The molecule has 3 heterocycles. The highest BCUT2D eigenvalue weighted by Gasteiger charge is 2.38. The number of alkyl halides is 3. The highest BCUT2D eigenvalue weighted by molar-refractivity contribution is 6.31. The molecular weight excluding hydrogens is 583 g/mol. The number of ketones is 1. The predicted octanol–water partition coefficient (Wildman–Crippen LogP) is 4.13. The standard InChI is InChI=1S/C27H23ClF3N5O6/c1-40-8-7-20(21(37)9-14-3-6-19(24(32)39)33-12-14)36-13-22(41-2)18(11-23(36)38)17-10-15(28)4-5-16(17)25-34-35-26(42-25)27(29,30)31/h3-6,10-13,20H,7-9H2,1-2H3,(H2,32,39). The van der Waals surface area contributed by atoms with E-state index in [1.807, 2.05) is 0 Å². The van der Waals surface area contributed by atoms with E-state index in [1.165, 1.54) is 67.6 Å². The first-order chi connectivity index (χ1) is 19.9. The SMILES string of the molecule is COCCC(C(=O)Cc1ccc(C(N)=O)nc1)n1cc(OC)c(-c2cc(Cl)ccc2-c2nnc(C(F)(F)F)o2)cc1=O. The zero-order chi connectivity index (χ0) is 30.6. The summed E-state index contributed by atoms with van der Waals surface area (Å²) in [5, 5.41) is 6.78. The van der Waals surface area contributed by atoms with E-state index in [2.05, 4.69) is 15.2 Å². The summed E-state index contributed by atoms with van der Waals surface area (Å²) in [6.45, 7) is 0.142.